The Hall–Kier alpha value is -0.990. The van der Waals surface area contributed by atoms with Crippen molar-refractivity contribution in [1.82, 2.24) is 4.98 Å². The molecule has 1 fully saturated rings. The molecular weight excluding hydrogens is 303 g/mol. The van der Waals surface area contributed by atoms with Gasteiger partial charge in [0.05, 0.1) is 5.52 Å². The van der Waals surface area contributed by atoms with Gasteiger partial charge in [-0.3, -0.25) is 4.98 Å². The molecular formula is C17H20Cl2N2. The van der Waals surface area contributed by atoms with Gasteiger partial charge in [-0.15, -0.1) is 11.6 Å². The van der Waals surface area contributed by atoms with Gasteiger partial charge in [0, 0.05) is 40.8 Å². The Labute approximate surface area is 136 Å². The molecule has 1 aliphatic rings. The van der Waals surface area contributed by atoms with Crippen LogP contribution in [-0.2, 0) is 0 Å². The summed E-state index contributed by atoms with van der Waals surface area (Å²) in [4.78, 5) is 6.92. The zero-order valence-corrected chi connectivity index (χ0v) is 13.6. The molecule has 1 aromatic heterocycles. The minimum absolute atomic E-state index is 0.596. The molecule has 0 atom stereocenters. The minimum Gasteiger partial charge on any atom is -0.367 e. The highest BCUT2D eigenvalue weighted by Gasteiger charge is 2.22. The van der Waals surface area contributed by atoms with Crippen LogP contribution in [0.2, 0.25) is 5.02 Å². The van der Waals surface area contributed by atoms with Gasteiger partial charge in [-0.05, 0) is 37.1 Å². The molecule has 1 saturated carbocycles. The van der Waals surface area contributed by atoms with Gasteiger partial charge in [0.15, 0.2) is 0 Å². The number of fused-ring (bicyclic) bond motifs is 1. The first kappa shape index (κ1) is 14.9. The number of rotatable bonds is 4. The molecule has 2 nitrogen and oxygen atoms in total. The highest BCUT2D eigenvalue weighted by Crippen LogP contribution is 2.32. The van der Waals surface area contributed by atoms with Gasteiger partial charge in [-0.2, -0.15) is 0 Å². The van der Waals surface area contributed by atoms with Crippen molar-refractivity contribution in [3.05, 3.63) is 35.5 Å². The average molecular weight is 323 g/mol. The quantitative estimate of drug-likeness (QED) is 0.713. The van der Waals surface area contributed by atoms with Gasteiger partial charge in [0.25, 0.3) is 0 Å². The van der Waals surface area contributed by atoms with E-state index in [0.717, 1.165) is 22.5 Å². The molecule has 1 aliphatic carbocycles. The summed E-state index contributed by atoms with van der Waals surface area (Å²) in [6.07, 6.45) is 8.38. The Balaban J connectivity index is 2.02. The maximum Gasteiger partial charge on any atom is 0.0737 e. The molecule has 1 heterocycles. The van der Waals surface area contributed by atoms with Gasteiger partial charge in [-0.1, -0.05) is 30.9 Å². The summed E-state index contributed by atoms with van der Waals surface area (Å²) in [5, 5.41) is 1.89. The predicted octanol–water partition coefficient (Wildman–Crippen LogP) is 5.27. The molecule has 3 rings (SSSR count). The van der Waals surface area contributed by atoms with Crippen molar-refractivity contribution in [3.8, 4) is 0 Å². The standard InChI is InChI=1S/C17H20Cl2N2/c18-9-11-21(14-4-2-1-3-5-14)17-8-10-20-16-12-13(19)6-7-15(16)17/h6-8,10,12,14H,1-5,9,11H2. The maximum atomic E-state index is 6.09. The van der Waals surface area contributed by atoms with Crippen molar-refractivity contribution < 1.29 is 0 Å². The first-order valence-electron chi connectivity index (χ1n) is 7.66. The van der Waals surface area contributed by atoms with Crippen molar-refractivity contribution >= 4 is 39.8 Å². The summed E-state index contributed by atoms with van der Waals surface area (Å²) < 4.78 is 0. The summed E-state index contributed by atoms with van der Waals surface area (Å²) in [5.74, 6) is 0.647. The van der Waals surface area contributed by atoms with E-state index < -0.39 is 0 Å². The summed E-state index contributed by atoms with van der Waals surface area (Å²) in [6, 6.07) is 8.65. The van der Waals surface area contributed by atoms with E-state index >= 15 is 0 Å². The number of hydrogen-bond acceptors (Lipinski definition) is 2. The SMILES string of the molecule is ClCCN(c1ccnc2cc(Cl)ccc12)C1CCCCC1. The van der Waals surface area contributed by atoms with Crippen LogP contribution in [0, 0.1) is 0 Å². The van der Waals surface area contributed by atoms with E-state index in [1.165, 1.54) is 37.8 Å². The van der Waals surface area contributed by atoms with Crippen LogP contribution in [0.4, 0.5) is 5.69 Å². The second kappa shape index (κ2) is 6.85. The van der Waals surface area contributed by atoms with E-state index in [0.29, 0.717) is 11.9 Å². The third kappa shape index (κ3) is 3.27. The number of halogens is 2. The molecule has 4 heteroatoms. The predicted molar refractivity (Wildman–Crippen MR) is 91.7 cm³/mol. The van der Waals surface area contributed by atoms with Gasteiger partial charge < -0.3 is 4.90 Å². The van der Waals surface area contributed by atoms with Gasteiger partial charge in [0.2, 0.25) is 0 Å². The maximum absolute atomic E-state index is 6.09. The number of alkyl halides is 1. The van der Waals surface area contributed by atoms with E-state index in [4.69, 9.17) is 23.2 Å². The Bertz CT molecular complexity index is 609. The van der Waals surface area contributed by atoms with Crippen LogP contribution < -0.4 is 4.90 Å². The van der Waals surface area contributed by atoms with Crippen molar-refractivity contribution in [2.45, 2.75) is 38.1 Å². The molecule has 0 saturated heterocycles. The highest BCUT2D eigenvalue weighted by atomic mass is 35.5. The van der Waals surface area contributed by atoms with Crippen molar-refractivity contribution in [2.24, 2.45) is 0 Å². The fourth-order valence-corrected chi connectivity index (χ4v) is 3.69. The van der Waals surface area contributed by atoms with Crippen molar-refractivity contribution in [2.75, 3.05) is 17.3 Å². The molecule has 2 aromatic rings. The van der Waals surface area contributed by atoms with E-state index in [1.807, 2.05) is 18.3 Å². The zero-order chi connectivity index (χ0) is 14.7. The number of hydrogen-bond donors (Lipinski definition) is 0. The second-order valence-electron chi connectivity index (χ2n) is 5.67. The molecule has 1 aromatic carbocycles. The lowest BCUT2D eigenvalue weighted by Gasteiger charge is -2.36. The molecule has 0 spiro atoms. The summed E-state index contributed by atoms with van der Waals surface area (Å²) in [7, 11) is 0. The number of benzene rings is 1. The van der Waals surface area contributed by atoms with E-state index in [1.54, 1.807) is 0 Å². The Morgan fingerprint density at radius 3 is 2.71 bits per heavy atom. The number of aromatic nitrogens is 1. The molecule has 0 unspecified atom stereocenters. The molecule has 0 aliphatic heterocycles. The molecule has 0 amide bonds. The zero-order valence-electron chi connectivity index (χ0n) is 12.1. The van der Waals surface area contributed by atoms with Crippen LogP contribution in [-0.4, -0.2) is 23.5 Å². The Morgan fingerprint density at radius 2 is 1.95 bits per heavy atom. The van der Waals surface area contributed by atoms with Crippen molar-refractivity contribution in [3.63, 3.8) is 0 Å². The van der Waals surface area contributed by atoms with E-state index in [2.05, 4.69) is 22.0 Å². The Kier molecular flexibility index (Phi) is 4.87. The average Bonchev–Trinajstić information content (AvgIpc) is 2.53. The number of anilines is 1. The lowest BCUT2D eigenvalue weighted by molar-refractivity contribution is 0.419. The minimum atomic E-state index is 0.596. The first-order valence-corrected chi connectivity index (χ1v) is 8.58. The van der Waals surface area contributed by atoms with Crippen LogP contribution in [0.3, 0.4) is 0 Å². The van der Waals surface area contributed by atoms with Gasteiger partial charge in [0.1, 0.15) is 0 Å². The third-order valence-electron chi connectivity index (χ3n) is 4.33. The summed E-state index contributed by atoms with van der Waals surface area (Å²) in [6.45, 7) is 0.883. The smallest absolute Gasteiger partial charge is 0.0737 e. The molecule has 0 N–H and O–H groups in total. The van der Waals surface area contributed by atoms with Crippen LogP contribution >= 0.6 is 23.2 Å². The Morgan fingerprint density at radius 1 is 1.14 bits per heavy atom. The van der Waals surface area contributed by atoms with Crippen molar-refractivity contribution in [1.29, 1.82) is 0 Å². The lowest BCUT2D eigenvalue weighted by Crippen LogP contribution is -2.38. The lowest BCUT2D eigenvalue weighted by atomic mass is 9.93. The second-order valence-corrected chi connectivity index (χ2v) is 6.48. The van der Waals surface area contributed by atoms with Crippen LogP contribution in [0.5, 0.6) is 0 Å². The molecule has 21 heavy (non-hydrogen) atoms. The summed E-state index contributed by atoms with van der Waals surface area (Å²) in [5.41, 5.74) is 2.19. The molecule has 0 bridgehead atoms. The molecule has 0 radical (unpaired) electrons. The van der Waals surface area contributed by atoms with Crippen LogP contribution in [0.25, 0.3) is 10.9 Å². The van der Waals surface area contributed by atoms with Gasteiger partial charge >= 0.3 is 0 Å². The molecule has 112 valence electrons. The fourth-order valence-electron chi connectivity index (χ4n) is 3.34. The largest absolute Gasteiger partial charge is 0.367 e. The normalized spacial score (nSPS) is 16.3. The van der Waals surface area contributed by atoms with Crippen LogP contribution in [0.15, 0.2) is 30.5 Å². The topological polar surface area (TPSA) is 16.1 Å². The number of nitrogens with zero attached hydrogens (tertiary/aromatic N) is 2. The first-order chi connectivity index (χ1) is 10.3. The summed E-state index contributed by atoms with van der Waals surface area (Å²) >= 11 is 12.1. The highest BCUT2D eigenvalue weighted by molar-refractivity contribution is 6.31. The van der Waals surface area contributed by atoms with E-state index in [-0.39, 0.29) is 0 Å². The third-order valence-corrected chi connectivity index (χ3v) is 4.74. The fraction of sp³-hybridized carbons (Fsp3) is 0.471. The monoisotopic (exact) mass is 322 g/mol. The van der Waals surface area contributed by atoms with Gasteiger partial charge in [-0.25, -0.2) is 0 Å². The van der Waals surface area contributed by atoms with E-state index in [9.17, 15) is 0 Å². The van der Waals surface area contributed by atoms with Crippen LogP contribution in [0.1, 0.15) is 32.1 Å². The number of pyridine rings is 1.